The van der Waals surface area contributed by atoms with Gasteiger partial charge in [-0.05, 0) is 31.2 Å². The Morgan fingerprint density at radius 3 is 2.95 bits per heavy atom. The van der Waals surface area contributed by atoms with Gasteiger partial charge in [0, 0.05) is 25.4 Å². The summed E-state index contributed by atoms with van der Waals surface area (Å²) in [5, 5.41) is 2.77. The largest absolute Gasteiger partial charge is 0.394 e. The van der Waals surface area contributed by atoms with Crippen LogP contribution in [-0.4, -0.2) is 35.2 Å². The molecular weight excluding hydrogens is 282 g/mol. The molecular formula is C15H21N5O2. The second-order valence-electron chi connectivity index (χ2n) is 5.16. The number of aliphatic imine (C=N–C) groups is 1. The number of aromatic nitrogens is 2. The van der Waals surface area contributed by atoms with E-state index in [1.54, 1.807) is 13.2 Å². The third-order valence-electron chi connectivity index (χ3n) is 3.62. The predicted molar refractivity (Wildman–Crippen MR) is 84.8 cm³/mol. The zero-order valence-corrected chi connectivity index (χ0v) is 12.9. The number of aromatic amines is 1. The van der Waals surface area contributed by atoms with Crippen LogP contribution < -0.4 is 16.7 Å². The summed E-state index contributed by atoms with van der Waals surface area (Å²) < 4.78 is 0. The molecule has 2 rings (SSSR count). The summed E-state index contributed by atoms with van der Waals surface area (Å²) in [6.45, 7) is 2.55. The summed E-state index contributed by atoms with van der Waals surface area (Å²) in [6, 6.07) is 0. The van der Waals surface area contributed by atoms with E-state index in [0.29, 0.717) is 29.9 Å². The molecule has 0 fully saturated rings. The van der Waals surface area contributed by atoms with Crippen molar-refractivity contribution in [3.8, 4) is 0 Å². The zero-order chi connectivity index (χ0) is 16.1. The molecule has 1 aromatic heterocycles. The lowest BCUT2D eigenvalue weighted by Gasteiger charge is -2.12. The number of nitrogens with one attached hydrogen (secondary N) is 2. The first-order chi connectivity index (χ1) is 10.6. The monoisotopic (exact) mass is 303 g/mol. The minimum Gasteiger partial charge on any atom is -0.394 e. The van der Waals surface area contributed by atoms with Crippen molar-refractivity contribution < 1.29 is 4.79 Å². The normalized spacial score (nSPS) is 18.5. The molecule has 0 aromatic carbocycles. The molecule has 1 heterocycles. The number of nitrogens with zero attached hydrogens (tertiary/aromatic N) is 2. The second-order valence-corrected chi connectivity index (χ2v) is 5.16. The number of carbonyl (C=O) groups excluding carboxylic acids is 1. The molecule has 0 spiro atoms. The number of hydrogen-bond donors (Lipinski definition) is 3. The number of rotatable bonds is 3. The number of allylic oxidation sites excluding steroid dienone is 1. The molecule has 0 unspecified atom stereocenters. The van der Waals surface area contributed by atoms with Crippen molar-refractivity contribution >= 4 is 11.6 Å². The average molecular weight is 303 g/mol. The molecule has 1 aromatic rings. The molecule has 1 amide bonds. The Bertz CT molecular complexity index is 687. The highest BCUT2D eigenvalue weighted by Gasteiger charge is 2.23. The van der Waals surface area contributed by atoms with E-state index in [1.165, 1.54) is 0 Å². The fourth-order valence-electron chi connectivity index (χ4n) is 2.53. The topological polar surface area (TPSA) is 113 Å². The van der Waals surface area contributed by atoms with Gasteiger partial charge in [0.1, 0.15) is 5.70 Å². The van der Waals surface area contributed by atoms with Crippen LogP contribution in [0.1, 0.15) is 37.4 Å². The Morgan fingerprint density at radius 2 is 2.27 bits per heavy atom. The zero-order valence-electron chi connectivity index (χ0n) is 12.9. The first kappa shape index (κ1) is 15.9. The standard InChI is InChI=1S/C15H21N5O2/c1-3-7-18-14(21)11(16)10-6-4-5-9-8-19-15(22)20-12(9)13(10)17-2/h8H,3-7,16H2,1-2H3,(H,18,21)(H,19,20,22). The summed E-state index contributed by atoms with van der Waals surface area (Å²) in [6.07, 6.45) is 4.61. The summed E-state index contributed by atoms with van der Waals surface area (Å²) in [7, 11) is 1.63. The van der Waals surface area contributed by atoms with Crippen molar-refractivity contribution in [3.63, 3.8) is 0 Å². The maximum absolute atomic E-state index is 12.1. The molecule has 0 saturated heterocycles. The van der Waals surface area contributed by atoms with Gasteiger partial charge >= 0.3 is 5.69 Å². The molecule has 7 heteroatoms. The van der Waals surface area contributed by atoms with Gasteiger partial charge in [-0.3, -0.25) is 9.79 Å². The van der Waals surface area contributed by atoms with Crippen LogP contribution in [0, 0.1) is 0 Å². The Kier molecular flexibility index (Phi) is 5.08. The third-order valence-corrected chi connectivity index (χ3v) is 3.62. The molecule has 0 bridgehead atoms. The SMILES string of the molecule is CCCNC(=O)C(N)=C1CCCc2cnc(=O)[nH]c2C1=NC. The van der Waals surface area contributed by atoms with Crippen molar-refractivity contribution in [1.29, 1.82) is 0 Å². The van der Waals surface area contributed by atoms with Gasteiger partial charge in [0.2, 0.25) is 0 Å². The number of amides is 1. The molecule has 0 aliphatic heterocycles. The smallest absolute Gasteiger partial charge is 0.345 e. The van der Waals surface area contributed by atoms with E-state index >= 15 is 0 Å². The minimum atomic E-state index is -0.435. The molecule has 22 heavy (non-hydrogen) atoms. The number of H-pyrrole nitrogens is 1. The number of fused-ring (bicyclic) bond motifs is 1. The summed E-state index contributed by atoms with van der Waals surface area (Å²) in [5.74, 6) is -0.294. The van der Waals surface area contributed by atoms with Crippen LogP contribution in [0.3, 0.4) is 0 Å². The molecule has 7 nitrogen and oxygen atoms in total. The van der Waals surface area contributed by atoms with Crippen LogP contribution in [0.2, 0.25) is 0 Å². The van der Waals surface area contributed by atoms with Gasteiger partial charge in [0.25, 0.3) is 5.91 Å². The fourth-order valence-corrected chi connectivity index (χ4v) is 2.53. The van der Waals surface area contributed by atoms with Crippen LogP contribution in [-0.2, 0) is 11.2 Å². The highest BCUT2D eigenvalue weighted by Crippen LogP contribution is 2.23. The number of nitrogens with two attached hydrogens (primary N) is 1. The van der Waals surface area contributed by atoms with Gasteiger partial charge in [0.05, 0.1) is 11.4 Å². The Hall–Kier alpha value is -2.44. The van der Waals surface area contributed by atoms with Crippen LogP contribution in [0.4, 0.5) is 0 Å². The Labute approximate surface area is 128 Å². The highest BCUT2D eigenvalue weighted by molar-refractivity contribution is 6.16. The Balaban J connectivity index is 2.49. The van der Waals surface area contributed by atoms with Crippen LogP contribution in [0.5, 0.6) is 0 Å². The van der Waals surface area contributed by atoms with Gasteiger partial charge in [-0.2, -0.15) is 0 Å². The van der Waals surface area contributed by atoms with Crippen LogP contribution >= 0.6 is 0 Å². The fraction of sp³-hybridized carbons (Fsp3) is 0.467. The van der Waals surface area contributed by atoms with E-state index in [0.717, 1.165) is 24.8 Å². The predicted octanol–water partition coefficient (Wildman–Crippen LogP) is 0.264. The highest BCUT2D eigenvalue weighted by atomic mass is 16.2. The molecule has 1 aliphatic rings. The number of hydrogen-bond acceptors (Lipinski definition) is 5. The lowest BCUT2D eigenvalue weighted by atomic mass is 10.0. The van der Waals surface area contributed by atoms with Crippen molar-refractivity contribution in [2.45, 2.75) is 32.6 Å². The van der Waals surface area contributed by atoms with E-state index in [9.17, 15) is 9.59 Å². The minimum absolute atomic E-state index is 0.166. The van der Waals surface area contributed by atoms with E-state index < -0.39 is 5.69 Å². The Morgan fingerprint density at radius 1 is 1.50 bits per heavy atom. The first-order valence-corrected chi connectivity index (χ1v) is 7.41. The van der Waals surface area contributed by atoms with E-state index in [2.05, 4.69) is 20.3 Å². The quantitative estimate of drug-likeness (QED) is 0.549. The third kappa shape index (κ3) is 3.24. The molecule has 118 valence electrons. The molecule has 4 N–H and O–H groups in total. The van der Waals surface area contributed by atoms with E-state index in [-0.39, 0.29) is 11.6 Å². The first-order valence-electron chi connectivity index (χ1n) is 7.41. The molecule has 1 aliphatic carbocycles. The molecule has 0 saturated carbocycles. The van der Waals surface area contributed by atoms with Gasteiger partial charge < -0.3 is 16.0 Å². The van der Waals surface area contributed by atoms with Gasteiger partial charge in [0.15, 0.2) is 0 Å². The summed E-state index contributed by atoms with van der Waals surface area (Å²) in [4.78, 5) is 34.4. The lowest BCUT2D eigenvalue weighted by molar-refractivity contribution is -0.117. The number of carbonyl (C=O) groups is 1. The van der Waals surface area contributed by atoms with E-state index in [1.807, 2.05) is 6.92 Å². The van der Waals surface area contributed by atoms with Crippen molar-refractivity contribution in [3.05, 3.63) is 39.2 Å². The number of aryl methyl sites for hydroxylation is 1. The molecule has 0 atom stereocenters. The van der Waals surface area contributed by atoms with Gasteiger partial charge in [-0.25, -0.2) is 9.78 Å². The van der Waals surface area contributed by atoms with Crippen LogP contribution in [0.25, 0.3) is 0 Å². The van der Waals surface area contributed by atoms with Gasteiger partial charge in [-0.15, -0.1) is 0 Å². The van der Waals surface area contributed by atoms with E-state index in [4.69, 9.17) is 5.73 Å². The average Bonchev–Trinajstić information content (AvgIpc) is 2.70. The maximum atomic E-state index is 12.1. The van der Waals surface area contributed by atoms with Crippen molar-refractivity contribution in [2.75, 3.05) is 13.6 Å². The van der Waals surface area contributed by atoms with Gasteiger partial charge in [-0.1, -0.05) is 6.92 Å². The second kappa shape index (κ2) is 7.02. The lowest BCUT2D eigenvalue weighted by Crippen LogP contribution is -2.32. The van der Waals surface area contributed by atoms with Crippen molar-refractivity contribution in [2.24, 2.45) is 10.7 Å². The molecule has 0 radical (unpaired) electrons. The van der Waals surface area contributed by atoms with Crippen LogP contribution in [0.15, 0.2) is 27.3 Å². The van der Waals surface area contributed by atoms with Crippen molar-refractivity contribution in [1.82, 2.24) is 15.3 Å². The summed E-state index contributed by atoms with van der Waals surface area (Å²) >= 11 is 0. The summed E-state index contributed by atoms with van der Waals surface area (Å²) in [5.41, 5.74) is 8.54. The maximum Gasteiger partial charge on any atom is 0.345 e.